The molecule has 2 aliphatic carbocycles. The van der Waals surface area contributed by atoms with Crippen LogP contribution in [0, 0.1) is 14.2 Å². The van der Waals surface area contributed by atoms with Crippen LogP contribution in [0.1, 0.15) is 75.3 Å². The van der Waals surface area contributed by atoms with Crippen molar-refractivity contribution in [3.8, 4) is 67.5 Å². The van der Waals surface area contributed by atoms with Crippen LogP contribution in [0.15, 0.2) is 206 Å². The van der Waals surface area contributed by atoms with Crippen molar-refractivity contribution in [3.63, 3.8) is 0 Å². The molecule has 0 saturated heterocycles. The van der Waals surface area contributed by atoms with Crippen molar-refractivity contribution in [1.29, 1.82) is 0 Å². The van der Waals surface area contributed by atoms with Gasteiger partial charge in [0, 0.05) is 34.4 Å². The average Bonchev–Trinajstić information content (AvgIpc) is 3.45. The molecule has 0 aromatic heterocycles. The van der Waals surface area contributed by atoms with Crippen LogP contribution in [0.2, 0.25) is 11.1 Å². The first-order valence-corrected chi connectivity index (χ1v) is 26.7. The molecule has 0 atom stereocenters. The second-order valence-electron chi connectivity index (χ2n) is 18.2. The Morgan fingerprint density at radius 1 is 0.375 bits per heavy atom. The molecule has 2 aliphatic rings. The Hall–Kier alpha value is -6.60. The van der Waals surface area contributed by atoms with Crippen molar-refractivity contribution in [2.45, 2.75) is 75.3 Å². The second kappa shape index (κ2) is 26.2. The van der Waals surface area contributed by atoms with Crippen LogP contribution in [0.3, 0.4) is 0 Å². The molecular formula is C64H62O6SiZr. The quantitative estimate of drug-likeness (QED) is 0.0726. The van der Waals surface area contributed by atoms with Gasteiger partial charge in [-0.25, -0.2) is 0 Å². The average molecular weight is 1050 g/mol. The molecule has 0 spiro atoms. The van der Waals surface area contributed by atoms with Gasteiger partial charge in [0.05, 0.1) is 23.7 Å². The minimum atomic E-state index is -3.09. The molecule has 10 rings (SSSR count). The second-order valence-corrected chi connectivity index (χ2v) is 22.3. The van der Waals surface area contributed by atoms with Gasteiger partial charge < -0.3 is 27.9 Å². The molecule has 0 heterocycles. The van der Waals surface area contributed by atoms with E-state index in [1.54, 1.807) is 61.1 Å². The molecule has 0 bridgehead atoms. The fourth-order valence-corrected chi connectivity index (χ4v) is 16.6. The van der Waals surface area contributed by atoms with Gasteiger partial charge in [-0.3, -0.25) is 0 Å². The van der Waals surface area contributed by atoms with Crippen molar-refractivity contribution >= 4 is 21.1 Å². The predicted octanol–water partition coefficient (Wildman–Crippen LogP) is 17.0. The van der Waals surface area contributed by atoms with Gasteiger partial charge in [-0.2, -0.15) is 35.4 Å². The van der Waals surface area contributed by atoms with Crippen molar-refractivity contribution < 1.29 is 54.1 Å². The summed E-state index contributed by atoms with van der Waals surface area (Å²) >= 11 is 0. The monoisotopic (exact) mass is 1040 g/mol. The minimum absolute atomic E-state index is 0. The van der Waals surface area contributed by atoms with Gasteiger partial charge in [-0.1, -0.05) is 186 Å². The molecule has 0 amide bonds. The summed E-state index contributed by atoms with van der Waals surface area (Å²) in [5, 5.41) is 24.0. The van der Waals surface area contributed by atoms with E-state index in [4.69, 9.17) is 14.2 Å². The molecule has 8 aromatic rings. The zero-order valence-electron chi connectivity index (χ0n) is 40.8. The first-order valence-electron chi connectivity index (χ1n) is 24.7. The molecule has 0 radical (unpaired) electrons. The van der Waals surface area contributed by atoms with Gasteiger partial charge in [0.25, 0.3) is 0 Å². The summed E-state index contributed by atoms with van der Waals surface area (Å²) in [5.74, 6) is 2.38. The third-order valence-corrected chi connectivity index (χ3v) is 19.4. The molecule has 2 saturated carbocycles. The van der Waals surface area contributed by atoms with Gasteiger partial charge in [-0.15, -0.1) is 24.3 Å². The molecule has 2 fully saturated rings. The maximum Gasteiger partial charge on any atom is 2.00 e. The van der Waals surface area contributed by atoms with Crippen LogP contribution in [-0.2, 0) is 43.9 Å². The van der Waals surface area contributed by atoms with Crippen LogP contribution >= 0.6 is 0 Å². The number of benzene rings is 8. The number of phenolic OH excluding ortho intramolecular Hbond substituents is 2. The first-order chi connectivity index (χ1) is 34.9. The van der Waals surface area contributed by atoms with E-state index >= 15 is 0 Å². The van der Waals surface area contributed by atoms with Crippen LogP contribution in [0.25, 0.3) is 44.5 Å². The third-order valence-electron chi connectivity index (χ3n) is 14.0. The maximum absolute atomic E-state index is 12.0. The van der Waals surface area contributed by atoms with E-state index in [1.807, 2.05) is 109 Å². The molecule has 0 unspecified atom stereocenters. The summed E-state index contributed by atoms with van der Waals surface area (Å²) in [7, 11) is 6.97. The smallest absolute Gasteiger partial charge is 0.754 e. The van der Waals surface area contributed by atoms with E-state index in [0.717, 1.165) is 81.7 Å². The van der Waals surface area contributed by atoms with E-state index in [9.17, 15) is 19.8 Å². The number of para-hydroxylation sites is 4. The third kappa shape index (κ3) is 12.0. The summed E-state index contributed by atoms with van der Waals surface area (Å²) in [4.78, 5) is 19.8. The molecule has 362 valence electrons. The van der Waals surface area contributed by atoms with Crippen molar-refractivity contribution in [1.82, 2.24) is 0 Å². The minimum Gasteiger partial charge on any atom is -0.754 e. The van der Waals surface area contributed by atoms with Gasteiger partial charge >= 0.3 is 34.8 Å². The van der Waals surface area contributed by atoms with Crippen molar-refractivity contribution in [3.05, 3.63) is 232 Å². The SMILES string of the molecule is O=[C-]c1ccccc1.O=[C-]c1ccccc1.[CH2-][O+](c1ccccc1-c1cccc(-c2ccccc2)c1O)[Si](C1CCCCC1)(C1CCCCC1)[O+]([CH2-])c1ccccc1-c1cccc(-c2ccccc2)c1O.[Zr+2]. The van der Waals surface area contributed by atoms with Gasteiger partial charge in [0.2, 0.25) is 11.5 Å². The number of carbonyl (C=O) groups excluding carboxylic acids is 2. The molecule has 8 heteroatoms. The van der Waals surface area contributed by atoms with Crippen LogP contribution in [0.4, 0.5) is 0 Å². The summed E-state index contributed by atoms with van der Waals surface area (Å²) in [6.45, 7) is 0. The van der Waals surface area contributed by atoms with Crippen LogP contribution < -0.4 is 0 Å². The number of aromatic hydroxyl groups is 2. The van der Waals surface area contributed by atoms with E-state index in [-0.39, 0.29) is 37.7 Å². The van der Waals surface area contributed by atoms with E-state index in [1.165, 1.54) is 38.5 Å². The van der Waals surface area contributed by atoms with Gasteiger partial charge in [-0.05, 0) is 48.9 Å². The Bertz CT molecular complexity index is 2740. The Kier molecular flexibility index (Phi) is 19.4. The molecule has 8 aromatic carbocycles. The van der Waals surface area contributed by atoms with Crippen molar-refractivity contribution in [2.75, 3.05) is 0 Å². The van der Waals surface area contributed by atoms with E-state index in [2.05, 4.69) is 56.6 Å². The zero-order valence-corrected chi connectivity index (χ0v) is 44.3. The number of phenols is 2. The largest absolute Gasteiger partial charge is 2.00 e. The fraction of sp³-hybridized carbons (Fsp3) is 0.188. The Balaban J connectivity index is 0.000000380. The predicted molar refractivity (Wildman–Crippen MR) is 292 cm³/mol. The fourth-order valence-electron chi connectivity index (χ4n) is 10.7. The molecule has 72 heavy (non-hydrogen) atoms. The van der Waals surface area contributed by atoms with Gasteiger partial charge in [0.15, 0.2) is 0 Å². The van der Waals surface area contributed by atoms with E-state index < -0.39 is 8.56 Å². The maximum atomic E-state index is 12.0. The molecular weight excluding hydrogens is 984 g/mol. The zero-order chi connectivity index (χ0) is 49.4. The summed E-state index contributed by atoms with van der Waals surface area (Å²) in [6.07, 6.45) is 15.2. The number of hydrogen-bond donors (Lipinski definition) is 2. The van der Waals surface area contributed by atoms with Crippen LogP contribution in [0.5, 0.6) is 23.0 Å². The van der Waals surface area contributed by atoms with Crippen molar-refractivity contribution in [2.24, 2.45) is 0 Å². The topological polar surface area (TPSA) is 80.0 Å². The number of hydrogen-bond acceptors (Lipinski definition) is 4. The standard InChI is InChI=1S/C50H52O4Si.2C7H5O.Zr/c1-53(47-35-17-15-29-43(47)45-33-19-31-41(49(45)51)37-21-7-3-8-22-37)55(39-25-11-5-12-26-39,40-27-13-6-14-28-40)54(2)48-36-18-16-30-44(48)46-34-20-32-42(50(46)52)38-23-9-4-10-24-38;2*8-6-7-4-2-1-3-5-7;/h3-4,7-10,15-24,29-36,39-40,51-52H,1-2,5-6,11-14,25-28H2;2*1-5H;/q;2*-1;+2. The Morgan fingerprint density at radius 3 is 1.00 bits per heavy atom. The molecule has 2 N–H and O–H groups in total. The summed E-state index contributed by atoms with van der Waals surface area (Å²) in [6, 6.07) is 66.9. The molecule has 0 aliphatic heterocycles. The van der Waals surface area contributed by atoms with Crippen LogP contribution in [-0.4, -0.2) is 31.3 Å². The summed E-state index contributed by atoms with van der Waals surface area (Å²) < 4.78 is 7.32. The Labute approximate surface area is 446 Å². The first kappa shape index (κ1) is 53.2. The Morgan fingerprint density at radius 2 is 0.667 bits per heavy atom. The molecule has 6 nitrogen and oxygen atoms in total. The number of rotatable bonds is 12. The van der Waals surface area contributed by atoms with Gasteiger partial charge in [0.1, 0.15) is 22.6 Å². The van der Waals surface area contributed by atoms with E-state index in [0.29, 0.717) is 22.2 Å². The summed E-state index contributed by atoms with van der Waals surface area (Å²) in [5.41, 5.74) is 8.87. The normalized spacial score (nSPS) is 13.7.